The standard InChI is InChI=1S/C6H7ClFNO.C2H2ClF.CH4/c7-5(8)4-9-3-1-2-6(9)10;1-2(3)4;/h4H,1-3H2;1H2;1H4. The van der Waals surface area contributed by atoms with Gasteiger partial charge in [-0.05, 0) is 18.0 Å². The van der Waals surface area contributed by atoms with Crippen LogP contribution >= 0.6 is 23.2 Å². The van der Waals surface area contributed by atoms with E-state index in [2.05, 4.69) is 18.2 Å². The van der Waals surface area contributed by atoms with Gasteiger partial charge in [0.1, 0.15) is 0 Å². The minimum Gasteiger partial charge on any atom is -0.315 e. The van der Waals surface area contributed by atoms with Gasteiger partial charge in [0.15, 0.2) is 5.29 Å². The third-order valence-corrected chi connectivity index (χ3v) is 1.46. The summed E-state index contributed by atoms with van der Waals surface area (Å²) in [6.07, 6.45) is 2.32. The number of hydrogen-bond acceptors (Lipinski definition) is 1. The lowest BCUT2D eigenvalue weighted by atomic mass is 10.4. The maximum Gasteiger partial charge on any atom is 0.226 e. The highest BCUT2D eigenvalue weighted by Gasteiger charge is 2.18. The Labute approximate surface area is 98.1 Å². The summed E-state index contributed by atoms with van der Waals surface area (Å²) >= 11 is 9.34. The van der Waals surface area contributed by atoms with Crippen molar-refractivity contribution < 1.29 is 13.6 Å². The topological polar surface area (TPSA) is 20.3 Å². The Morgan fingerprint density at radius 1 is 1.47 bits per heavy atom. The molecule has 0 aromatic rings. The molecular weight excluding hydrogens is 247 g/mol. The molecule has 1 aliphatic heterocycles. The number of hydrogen-bond donors (Lipinski definition) is 0. The highest BCUT2D eigenvalue weighted by atomic mass is 35.5. The van der Waals surface area contributed by atoms with E-state index in [-0.39, 0.29) is 13.3 Å². The van der Waals surface area contributed by atoms with E-state index >= 15 is 0 Å². The molecule has 15 heavy (non-hydrogen) atoms. The van der Waals surface area contributed by atoms with E-state index < -0.39 is 10.6 Å². The molecule has 0 radical (unpaired) electrons. The molecule has 0 N–H and O–H groups in total. The van der Waals surface area contributed by atoms with Gasteiger partial charge in [-0.3, -0.25) is 4.79 Å². The Morgan fingerprint density at radius 3 is 2.20 bits per heavy atom. The van der Waals surface area contributed by atoms with Crippen molar-refractivity contribution in [2.75, 3.05) is 6.54 Å². The Morgan fingerprint density at radius 2 is 1.93 bits per heavy atom. The van der Waals surface area contributed by atoms with Crippen LogP contribution in [0.4, 0.5) is 8.78 Å². The predicted octanol–water partition coefficient (Wildman–Crippen LogP) is 3.92. The molecule has 1 fully saturated rings. The fourth-order valence-corrected chi connectivity index (χ4v) is 1.04. The Bertz CT molecular complexity index is 248. The summed E-state index contributed by atoms with van der Waals surface area (Å²) in [6.45, 7) is 3.24. The molecule has 1 saturated heterocycles. The Balaban J connectivity index is 0. The zero-order valence-electron chi connectivity index (χ0n) is 7.27. The maximum absolute atomic E-state index is 12.0. The largest absolute Gasteiger partial charge is 0.315 e. The molecule has 0 saturated carbocycles. The lowest BCUT2D eigenvalue weighted by Crippen LogP contribution is -2.17. The third kappa shape index (κ3) is 9.69. The first kappa shape index (κ1) is 16.8. The van der Waals surface area contributed by atoms with Gasteiger partial charge in [0.25, 0.3) is 0 Å². The highest BCUT2D eigenvalue weighted by molar-refractivity contribution is 6.28. The minimum atomic E-state index is -0.861. The van der Waals surface area contributed by atoms with Gasteiger partial charge in [0.05, 0.1) is 6.20 Å². The van der Waals surface area contributed by atoms with Gasteiger partial charge in [-0.1, -0.05) is 25.6 Å². The summed E-state index contributed by atoms with van der Waals surface area (Å²) in [5.41, 5.74) is 0. The van der Waals surface area contributed by atoms with Crippen molar-refractivity contribution in [1.29, 1.82) is 0 Å². The number of nitrogens with zero attached hydrogens (tertiary/aromatic N) is 1. The predicted molar refractivity (Wildman–Crippen MR) is 58.8 cm³/mol. The second-order valence-corrected chi connectivity index (χ2v) is 3.22. The molecule has 0 aromatic heterocycles. The molecule has 0 aliphatic carbocycles. The lowest BCUT2D eigenvalue weighted by Gasteiger charge is -2.06. The van der Waals surface area contributed by atoms with Gasteiger partial charge in [-0.2, -0.15) is 8.78 Å². The van der Waals surface area contributed by atoms with Crippen molar-refractivity contribution in [1.82, 2.24) is 4.90 Å². The van der Waals surface area contributed by atoms with Crippen LogP contribution < -0.4 is 0 Å². The van der Waals surface area contributed by atoms with E-state index in [4.69, 9.17) is 11.6 Å². The lowest BCUT2D eigenvalue weighted by molar-refractivity contribution is -0.125. The number of amides is 1. The number of likely N-dealkylation sites (tertiary alicyclic amines) is 1. The van der Waals surface area contributed by atoms with Crippen LogP contribution in [0.2, 0.25) is 0 Å². The van der Waals surface area contributed by atoms with Crippen molar-refractivity contribution in [3.05, 3.63) is 23.4 Å². The normalized spacial score (nSPS) is 15.3. The van der Waals surface area contributed by atoms with E-state index in [1.165, 1.54) is 4.90 Å². The van der Waals surface area contributed by atoms with E-state index in [1.807, 2.05) is 0 Å². The number of rotatable bonds is 1. The van der Waals surface area contributed by atoms with Crippen LogP contribution in [0.3, 0.4) is 0 Å². The van der Waals surface area contributed by atoms with Crippen LogP contribution in [0.5, 0.6) is 0 Å². The quantitative estimate of drug-likeness (QED) is 0.699. The monoisotopic (exact) mass is 259 g/mol. The fourth-order valence-electron chi connectivity index (χ4n) is 0.923. The molecule has 2 nitrogen and oxygen atoms in total. The highest BCUT2D eigenvalue weighted by Crippen LogP contribution is 2.13. The van der Waals surface area contributed by atoms with Gasteiger partial charge >= 0.3 is 0 Å². The van der Waals surface area contributed by atoms with Crippen LogP contribution in [-0.2, 0) is 4.79 Å². The molecule has 0 aromatic carbocycles. The van der Waals surface area contributed by atoms with Crippen molar-refractivity contribution in [2.24, 2.45) is 0 Å². The molecule has 0 bridgehead atoms. The van der Waals surface area contributed by atoms with Gasteiger partial charge < -0.3 is 4.90 Å². The number of carbonyl (C=O) groups excluding carboxylic acids is 1. The molecule has 1 heterocycles. The Kier molecular flexibility index (Phi) is 9.72. The second-order valence-electron chi connectivity index (χ2n) is 2.45. The molecule has 0 unspecified atom stereocenters. The van der Waals surface area contributed by atoms with Gasteiger partial charge in [0.2, 0.25) is 11.2 Å². The van der Waals surface area contributed by atoms with Crippen molar-refractivity contribution in [2.45, 2.75) is 20.3 Å². The average molecular weight is 260 g/mol. The molecule has 1 rings (SSSR count). The van der Waals surface area contributed by atoms with Gasteiger partial charge in [-0.15, -0.1) is 0 Å². The summed E-state index contributed by atoms with van der Waals surface area (Å²) in [4.78, 5) is 12.1. The van der Waals surface area contributed by atoms with Gasteiger partial charge in [-0.25, -0.2) is 0 Å². The van der Waals surface area contributed by atoms with Gasteiger partial charge in [0, 0.05) is 13.0 Å². The Hall–Kier alpha value is -0.610. The zero-order chi connectivity index (χ0) is 11.1. The molecule has 1 aliphatic rings. The summed E-state index contributed by atoms with van der Waals surface area (Å²) < 4.78 is 22.5. The van der Waals surface area contributed by atoms with E-state index in [9.17, 15) is 13.6 Å². The van der Waals surface area contributed by atoms with E-state index in [1.54, 1.807) is 0 Å². The SMILES string of the molecule is C.C=C(F)Cl.O=C1CCCN1C=C(F)Cl. The molecule has 88 valence electrons. The summed E-state index contributed by atoms with van der Waals surface area (Å²) in [5, 5.41) is -1.70. The third-order valence-electron chi connectivity index (χ3n) is 1.36. The van der Waals surface area contributed by atoms with Crippen LogP contribution in [0.25, 0.3) is 0 Å². The smallest absolute Gasteiger partial charge is 0.226 e. The summed E-state index contributed by atoms with van der Waals surface area (Å²) in [7, 11) is 0. The minimum absolute atomic E-state index is 0. The first-order valence-corrected chi connectivity index (χ1v) is 4.51. The first-order chi connectivity index (χ1) is 6.43. The molecule has 1 amide bonds. The zero-order valence-corrected chi connectivity index (χ0v) is 8.78. The maximum atomic E-state index is 12.0. The summed E-state index contributed by atoms with van der Waals surface area (Å²) in [5.74, 6) is -0.0594. The molecular formula is C9H13Cl2F2NO. The average Bonchev–Trinajstić information content (AvgIpc) is 2.34. The van der Waals surface area contributed by atoms with Crippen LogP contribution in [0.1, 0.15) is 20.3 Å². The summed E-state index contributed by atoms with van der Waals surface area (Å²) in [6, 6.07) is 0. The van der Waals surface area contributed by atoms with E-state index in [0.29, 0.717) is 13.0 Å². The molecule has 6 heteroatoms. The number of halogens is 4. The fraction of sp³-hybridized carbons (Fsp3) is 0.444. The first-order valence-electron chi connectivity index (χ1n) is 3.75. The molecule has 0 spiro atoms. The molecule has 0 atom stereocenters. The van der Waals surface area contributed by atoms with Crippen LogP contribution in [0, 0.1) is 0 Å². The second kappa shape index (κ2) is 8.68. The van der Waals surface area contributed by atoms with Crippen molar-refractivity contribution in [3.63, 3.8) is 0 Å². The van der Waals surface area contributed by atoms with Crippen molar-refractivity contribution in [3.8, 4) is 0 Å². The number of carbonyl (C=O) groups is 1. The van der Waals surface area contributed by atoms with Crippen LogP contribution in [-0.4, -0.2) is 17.4 Å². The van der Waals surface area contributed by atoms with E-state index in [0.717, 1.165) is 12.6 Å². The van der Waals surface area contributed by atoms with Crippen molar-refractivity contribution >= 4 is 29.1 Å². The van der Waals surface area contributed by atoms with Crippen LogP contribution in [0.15, 0.2) is 23.4 Å².